The molecule has 1 atom stereocenters. The molecule has 6 nitrogen and oxygen atoms in total. The van der Waals surface area contributed by atoms with Crippen LogP contribution in [0.1, 0.15) is 19.0 Å². The highest BCUT2D eigenvalue weighted by molar-refractivity contribution is 7.90. The molecular formula is C8H11N3O3S. The number of nitrogens with zero attached hydrogens (tertiary/aromatic N) is 2. The van der Waals surface area contributed by atoms with Crippen LogP contribution in [0.4, 0.5) is 0 Å². The molecule has 0 saturated heterocycles. The van der Waals surface area contributed by atoms with E-state index in [-0.39, 0.29) is 13.0 Å². The SMILES string of the molecule is CCC(C#N)S(=O)(=O)NCc1ccon1. The van der Waals surface area contributed by atoms with Gasteiger partial charge in [0, 0.05) is 6.07 Å². The summed E-state index contributed by atoms with van der Waals surface area (Å²) in [5, 5.41) is 11.1. The minimum Gasteiger partial charge on any atom is -0.364 e. The van der Waals surface area contributed by atoms with Crippen molar-refractivity contribution >= 4 is 10.0 Å². The Hall–Kier alpha value is -1.39. The molecule has 0 saturated carbocycles. The molecule has 0 aliphatic rings. The van der Waals surface area contributed by atoms with Crippen molar-refractivity contribution in [1.29, 1.82) is 5.26 Å². The monoisotopic (exact) mass is 229 g/mol. The van der Waals surface area contributed by atoms with Gasteiger partial charge in [0.15, 0.2) is 5.25 Å². The van der Waals surface area contributed by atoms with Crippen molar-refractivity contribution in [2.75, 3.05) is 0 Å². The van der Waals surface area contributed by atoms with Gasteiger partial charge in [-0.1, -0.05) is 12.1 Å². The number of rotatable bonds is 5. The smallest absolute Gasteiger partial charge is 0.228 e. The van der Waals surface area contributed by atoms with Gasteiger partial charge in [-0.2, -0.15) is 5.26 Å². The van der Waals surface area contributed by atoms with Gasteiger partial charge < -0.3 is 4.52 Å². The molecule has 15 heavy (non-hydrogen) atoms. The lowest BCUT2D eigenvalue weighted by atomic mass is 10.4. The second-order valence-corrected chi connectivity index (χ2v) is 4.83. The van der Waals surface area contributed by atoms with E-state index < -0.39 is 15.3 Å². The van der Waals surface area contributed by atoms with Crippen molar-refractivity contribution < 1.29 is 12.9 Å². The predicted octanol–water partition coefficient (Wildman–Crippen LogP) is 0.396. The van der Waals surface area contributed by atoms with E-state index in [1.807, 2.05) is 0 Å². The van der Waals surface area contributed by atoms with Gasteiger partial charge in [-0.25, -0.2) is 13.1 Å². The quantitative estimate of drug-likeness (QED) is 0.788. The molecule has 1 aromatic rings. The lowest BCUT2D eigenvalue weighted by Crippen LogP contribution is -2.32. The molecule has 0 amide bonds. The van der Waals surface area contributed by atoms with Gasteiger partial charge in [0.25, 0.3) is 0 Å². The van der Waals surface area contributed by atoms with Crippen LogP contribution >= 0.6 is 0 Å². The van der Waals surface area contributed by atoms with E-state index >= 15 is 0 Å². The number of aromatic nitrogens is 1. The number of nitriles is 1. The Morgan fingerprint density at radius 3 is 2.93 bits per heavy atom. The number of nitrogens with one attached hydrogen (secondary N) is 1. The third kappa shape index (κ3) is 3.04. The van der Waals surface area contributed by atoms with E-state index in [2.05, 4.69) is 14.4 Å². The van der Waals surface area contributed by atoms with Gasteiger partial charge in [-0.05, 0) is 6.42 Å². The highest BCUT2D eigenvalue weighted by Gasteiger charge is 2.22. The molecule has 1 N–H and O–H groups in total. The molecule has 1 unspecified atom stereocenters. The fourth-order valence-electron chi connectivity index (χ4n) is 0.984. The van der Waals surface area contributed by atoms with E-state index in [1.165, 1.54) is 6.26 Å². The van der Waals surface area contributed by atoms with Crippen LogP contribution in [0.15, 0.2) is 16.9 Å². The zero-order valence-electron chi connectivity index (χ0n) is 8.17. The van der Waals surface area contributed by atoms with E-state index in [9.17, 15) is 8.42 Å². The molecule has 0 spiro atoms. The first kappa shape index (κ1) is 11.7. The molecule has 82 valence electrons. The number of sulfonamides is 1. The fraction of sp³-hybridized carbons (Fsp3) is 0.500. The van der Waals surface area contributed by atoms with E-state index in [1.54, 1.807) is 19.1 Å². The lowest BCUT2D eigenvalue weighted by Gasteiger charge is -2.08. The maximum absolute atomic E-state index is 11.5. The molecule has 1 aromatic heterocycles. The van der Waals surface area contributed by atoms with Gasteiger partial charge >= 0.3 is 0 Å². The third-order valence-electron chi connectivity index (χ3n) is 1.84. The van der Waals surface area contributed by atoms with Crippen molar-refractivity contribution in [3.8, 4) is 6.07 Å². The zero-order valence-corrected chi connectivity index (χ0v) is 8.99. The first-order valence-corrected chi connectivity index (χ1v) is 5.92. The molecule has 0 aliphatic heterocycles. The highest BCUT2D eigenvalue weighted by Crippen LogP contribution is 2.04. The Labute approximate surface area is 87.9 Å². The van der Waals surface area contributed by atoms with Gasteiger partial charge in [0.1, 0.15) is 6.26 Å². The number of hydrogen-bond donors (Lipinski definition) is 1. The summed E-state index contributed by atoms with van der Waals surface area (Å²) in [5.41, 5.74) is 0.478. The summed E-state index contributed by atoms with van der Waals surface area (Å²) >= 11 is 0. The summed E-state index contributed by atoms with van der Waals surface area (Å²) < 4.78 is 29.8. The Balaban J connectivity index is 2.62. The van der Waals surface area contributed by atoms with Gasteiger partial charge in [-0.3, -0.25) is 0 Å². The van der Waals surface area contributed by atoms with Gasteiger partial charge in [0.05, 0.1) is 18.3 Å². The topological polar surface area (TPSA) is 96.0 Å². The van der Waals surface area contributed by atoms with E-state index in [0.717, 1.165) is 0 Å². The molecule has 0 aliphatic carbocycles. The lowest BCUT2D eigenvalue weighted by molar-refractivity contribution is 0.411. The maximum atomic E-state index is 11.5. The first-order valence-electron chi connectivity index (χ1n) is 4.37. The Morgan fingerprint density at radius 2 is 2.47 bits per heavy atom. The standard InChI is InChI=1S/C8H11N3O3S/c1-2-8(5-9)15(12,13)10-6-7-3-4-14-11-7/h3-4,8,10H,2,6H2,1H3. The summed E-state index contributed by atoms with van der Waals surface area (Å²) in [4.78, 5) is 0. The molecule has 1 heterocycles. The Kier molecular flexibility index (Phi) is 3.82. The van der Waals surface area contributed by atoms with Crippen molar-refractivity contribution in [3.05, 3.63) is 18.0 Å². The molecule has 0 fully saturated rings. The van der Waals surface area contributed by atoms with Crippen LogP contribution in [-0.2, 0) is 16.6 Å². The second-order valence-electron chi connectivity index (χ2n) is 2.88. The Morgan fingerprint density at radius 1 is 1.73 bits per heavy atom. The molecule has 0 radical (unpaired) electrons. The summed E-state index contributed by atoms with van der Waals surface area (Å²) in [5.74, 6) is 0. The van der Waals surface area contributed by atoms with E-state index in [0.29, 0.717) is 5.69 Å². The summed E-state index contributed by atoms with van der Waals surface area (Å²) in [6.45, 7) is 1.68. The minimum atomic E-state index is -3.59. The van der Waals surface area contributed by atoms with Crippen molar-refractivity contribution in [2.45, 2.75) is 25.1 Å². The van der Waals surface area contributed by atoms with Crippen LogP contribution < -0.4 is 4.72 Å². The normalized spacial score (nSPS) is 13.3. The molecule has 0 aromatic carbocycles. The highest BCUT2D eigenvalue weighted by atomic mass is 32.2. The van der Waals surface area contributed by atoms with E-state index in [4.69, 9.17) is 5.26 Å². The van der Waals surface area contributed by atoms with Crippen molar-refractivity contribution in [1.82, 2.24) is 9.88 Å². The van der Waals surface area contributed by atoms with Crippen LogP contribution in [0.25, 0.3) is 0 Å². The maximum Gasteiger partial charge on any atom is 0.228 e. The van der Waals surface area contributed by atoms with Crippen LogP contribution in [0.2, 0.25) is 0 Å². The average Bonchev–Trinajstić information content (AvgIpc) is 2.69. The molecule has 7 heteroatoms. The minimum absolute atomic E-state index is 0.0387. The van der Waals surface area contributed by atoms with Crippen molar-refractivity contribution in [2.24, 2.45) is 0 Å². The van der Waals surface area contributed by atoms with Crippen molar-refractivity contribution in [3.63, 3.8) is 0 Å². The molecular weight excluding hydrogens is 218 g/mol. The summed E-state index contributed by atoms with van der Waals surface area (Å²) in [6, 6.07) is 3.28. The molecule has 1 rings (SSSR count). The first-order chi connectivity index (χ1) is 7.10. The van der Waals surface area contributed by atoms with Crippen LogP contribution in [0.3, 0.4) is 0 Å². The van der Waals surface area contributed by atoms with Gasteiger partial charge in [0.2, 0.25) is 10.0 Å². The zero-order chi connectivity index (χ0) is 11.3. The largest absolute Gasteiger partial charge is 0.364 e. The van der Waals surface area contributed by atoms with Crippen LogP contribution in [0.5, 0.6) is 0 Å². The van der Waals surface area contributed by atoms with Gasteiger partial charge in [-0.15, -0.1) is 0 Å². The number of hydrogen-bond acceptors (Lipinski definition) is 5. The second kappa shape index (κ2) is 4.91. The van der Waals surface area contributed by atoms with Crippen LogP contribution in [-0.4, -0.2) is 18.8 Å². The summed E-state index contributed by atoms with van der Waals surface area (Å²) in [6.07, 6.45) is 1.61. The Bertz CT molecular complexity index is 432. The third-order valence-corrected chi connectivity index (χ3v) is 3.57. The van der Waals surface area contributed by atoms with Crippen LogP contribution in [0, 0.1) is 11.3 Å². The predicted molar refractivity (Wildman–Crippen MR) is 52.0 cm³/mol. The average molecular weight is 229 g/mol. The fourth-order valence-corrected chi connectivity index (χ4v) is 2.11. The summed E-state index contributed by atoms with van der Waals surface area (Å²) in [7, 11) is -3.59. The molecule has 0 bridgehead atoms.